The third-order valence-electron chi connectivity index (χ3n) is 4.65. The summed E-state index contributed by atoms with van der Waals surface area (Å²) < 4.78 is 5.33. The topological polar surface area (TPSA) is 62.5 Å². The van der Waals surface area contributed by atoms with Crippen molar-refractivity contribution in [3.63, 3.8) is 0 Å². The van der Waals surface area contributed by atoms with Crippen LogP contribution < -0.4 is 4.90 Å². The summed E-state index contributed by atoms with van der Waals surface area (Å²) in [6.45, 7) is 2.68. The first kappa shape index (κ1) is 18.3. The number of rotatable bonds is 4. The molecule has 3 heterocycles. The van der Waals surface area contributed by atoms with E-state index in [1.807, 2.05) is 53.4 Å². The van der Waals surface area contributed by atoms with Crippen molar-refractivity contribution in [2.75, 3.05) is 31.1 Å². The molecule has 0 N–H and O–H groups in total. The number of hydrogen-bond acceptors (Lipinski definition) is 5. The Morgan fingerprint density at radius 3 is 2.50 bits per heavy atom. The third-order valence-corrected chi connectivity index (χ3v) is 4.99. The first-order valence-corrected chi connectivity index (χ1v) is 9.42. The number of benzene rings is 1. The maximum absolute atomic E-state index is 12.4. The quantitative estimate of drug-likeness (QED) is 0.630. The Hall–Kier alpha value is -3.12. The maximum atomic E-state index is 12.4. The molecule has 0 saturated carbocycles. The van der Waals surface area contributed by atoms with Crippen molar-refractivity contribution in [1.82, 2.24) is 15.1 Å². The largest absolute Gasteiger partial charge is 0.463 e. The van der Waals surface area contributed by atoms with E-state index >= 15 is 0 Å². The van der Waals surface area contributed by atoms with Gasteiger partial charge in [-0.1, -0.05) is 29.8 Å². The zero-order valence-corrected chi connectivity index (χ0v) is 15.9. The van der Waals surface area contributed by atoms with E-state index in [1.165, 1.54) is 0 Å². The second-order valence-corrected chi connectivity index (χ2v) is 6.83. The van der Waals surface area contributed by atoms with Gasteiger partial charge in [0.2, 0.25) is 5.91 Å². The molecule has 0 unspecified atom stereocenters. The van der Waals surface area contributed by atoms with Crippen LogP contribution in [0, 0.1) is 0 Å². The predicted octanol–water partition coefficient (Wildman–Crippen LogP) is 3.75. The number of hydrogen-bond donors (Lipinski definition) is 0. The molecule has 0 bridgehead atoms. The van der Waals surface area contributed by atoms with Crippen LogP contribution in [0.1, 0.15) is 5.56 Å². The fourth-order valence-electron chi connectivity index (χ4n) is 3.08. The van der Waals surface area contributed by atoms with Crippen LogP contribution in [0.15, 0.2) is 65.3 Å². The molecule has 1 aromatic carbocycles. The molecule has 1 aliphatic heterocycles. The van der Waals surface area contributed by atoms with Gasteiger partial charge in [0.05, 0.1) is 6.26 Å². The number of carbonyl (C=O) groups is 1. The van der Waals surface area contributed by atoms with Crippen LogP contribution in [0.4, 0.5) is 5.82 Å². The Bertz CT molecular complexity index is 962. The van der Waals surface area contributed by atoms with Crippen molar-refractivity contribution in [3.8, 4) is 11.5 Å². The summed E-state index contributed by atoms with van der Waals surface area (Å²) >= 11 is 6.12. The second kappa shape index (κ2) is 8.27. The summed E-state index contributed by atoms with van der Waals surface area (Å²) in [5.74, 6) is 1.48. The van der Waals surface area contributed by atoms with Gasteiger partial charge in [0.15, 0.2) is 11.6 Å². The zero-order valence-electron chi connectivity index (χ0n) is 15.2. The lowest BCUT2D eigenvalue weighted by molar-refractivity contribution is -0.126. The van der Waals surface area contributed by atoms with Gasteiger partial charge in [0.25, 0.3) is 0 Å². The molecule has 142 valence electrons. The summed E-state index contributed by atoms with van der Waals surface area (Å²) in [7, 11) is 0. The number of carbonyl (C=O) groups excluding carboxylic acids is 1. The van der Waals surface area contributed by atoms with Gasteiger partial charge in [0, 0.05) is 37.3 Å². The lowest BCUT2D eigenvalue weighted by atomic mass is 10.2. The van der Waals surface area contributed by atoms with Crippen molar-refractivity contribution in [1.29, 1.82) is 0 Å². The average molecular weight is 395 g/mol. The Kier molecular flexibility index (Phi) is 5.39. The summed E-state index contributed by atoms with van der Waals surface area (Å²) in [4.78, 5) is 16.4. The molecule has 0 spiro atoms. The molecular formula is C21H19ClN4O2. The number of furan rings is 1. The fraction of sp³-hybridized carbons (Fsp3) is 0.190. The molecule has 0 aliphatic carbocycles. The molecule has 1 aliphatic rings. The molecule has 7 heteroatoms. The van der Waals surface area contributed by atoms with Gasteiger partial charge in [-0.15, -0.1) is 10.2 Å². The zero-order chi connectivity index (χ0) is 19.3. The third kappa shape index (κ3) is 4.07. The summed E-state index contributed by atoms with van der Waals surface area (Å²) in [6, 6.07) is 15.0. The van der Waals surface area contributed by atoms with Crippen LogP contribution in [0.5, 0.6) is 0 Å². The molecule has 28 heavy (non-hydrogen) atoms. The van der Waals surface area contributed by atoms with Gasteiger partial charge in [0.1, 0.15) is 5.69 Å². The molecule has 1 fully saturated rings. The number of halogens is 1. The predicted molar refractivity (Wildman–Crippen MR) is 109 cm³/mol. The van der Waals surface area contributed by atoms with Gasteiger partial charge in [-0.25, -0.2) is 0 Å². The molecule has 2 aromatic heterocycles. The van der Waals surface area contributed by atoms with Crippen LogP contribution in [-0.4, -0.2) is 47.2 Å². The minimum absolute atomic E-state index is 0.0150. The highest BCUT2D eigenvalue weighted by molar-refractivity contribution is 6.32. The smallest absolute Gasteiger partial charge is 0.246 e. The summed E-state index contributed by atoms with van der Waals surface area (Å²) in [5.41, 5.74) is 1.54. The highest BCUT2D eigenvalue weighted by Gasteiger charge is 2.21. The molecule has 3 aromatic rings. The molecular weight excluding hydrogens is 376 g/mol. The Labute approximate surface area is 168 Å². The minimum Gasteiger partial charge on any atom is -0.463 e. The molecule has 6 nitrogen and oxygen atoms in total. The van der Waals surface area contributed by atoms with Crippen LogP contribution >= 0.6 is 11.6 Å². The van der Waals surface area contributed by atoms with Gasteiger partial charge in [-0.05, 0) is 42.0 Å². The van der Waals surface area contributed by atoms with E-state index in [4.69, 9.17) is 16.0 Å². The molecule has 0 radical (unpaired) electrons. The van der Waals surface area contributed by atoms with Crippen LogP contribution in [0.3, 0.4) is 0 Å². The van der Waals surface area contributed by atoms with Gasteiger partial charge in [-0.3, -0.25) is 4.79 Å². The van der Waals surface area contributed by atoms with Crippen LogP contribution in [0.25, 0.3) is 17.5 Å². The van der Waals surface area contributed by atoms with E-state index in [-0.39, 0.29) is 5.91 Å². The standard InChI is InChI=1S/C21H19ClN4O2/c22-17-5-2-1-4-16(17)7-10-21(27)26-13-11-25(12-14-26)20-9-8-18(23-24-20)19-6-3-15-28-19/h1-10,15H,11-14H2/b10-7+. The van der Waals surface area contributed by atoms with E-state index in [2.05, 4.69) is 15.1 Å². The highest BCUT2D eigenvalue weighted by Crippen LogP contribution is 2.20. The minimum atomic E-state index is -0.0150. The fourth-order valence-corrected chi connectivity index (χ4v) is 3.28. The first-order chi connectivity index (χ1) is 13.7. The SMILES string of the molecule is O=C(/C=C/c1ccccc1Cl)N1CCN(c2ccc(-c3ccco3)nn2)CC1. The summed E-state index contributed by atoms with van der Waals surface area (Å²) in [6.07, 6.45) is 4.95. The number of piperazine rings is 1. The number of nitrogens with zero attached hydrogens (tertiary/aromatic N) is 4. The van der Waals surface area contributed by atoms with Crippen molar-refractivity contribution >= 4 is 29.4 Å². The average Bonchev–Trinajstić information content (AvgIpc) is 3.28. The van der Waals surface area contributed by atoms with Crippen molar-refractivity contribution in [3.05, 3.63) is 71.5 Å². The Morgan fingerprint density at radius 1 is 1.00 bits per heavy atom. The van der Waals surface area contributed by atoms with E-state index in [9.17, 15) is 4.79 Å². The second-order valence-electron chi connectivity index (χ2n) is 6.42. The van der Waals surface area contributed by atoms with Crippen molar-refractivity contribution in [2.24, 2.45) is 0 Å². The van der Waals surface area contributed by atoms with Crippen LogP contribution in [0.2, 0.25) is 5.02 Å². The van der Waals surface area contributed by atoms with E-state index < -0.39 is 0 Å². The molecule has 0 atom stereocenters. The van der Waals surface area contributed by atoms with Crippen molar-refractivity contribution in [2.45, 2.75) is 0 Å². The first-order valence-electron chi connectivity index (χ1n) is 9.05. The van der Waals surface area contributed by atoms with Gasteiger partial charge >= 0.3 is 0 Å². The Balaban J connectivity index is 1.34. The number of amides is 1. The Morgan fingerprint density at radius 2 is 1.82 bits per heavy atom. The van der Waals surface area contributed by atoms with E-state index in [1.54, 1.807) is 18.4 Å². The summed E-state index contributed by atoms with van der Waals surface area (Å²) in [5, 5.41) is 9.16. The molecule has 4 rings (SSSR count). The lowest BCUT2D eigenvalue weighted by Crippen LogP contribution is -2.48. The van der Waals surface area contributed by atoms with Gasteiger partial charge < -0.3 is 14.2 Å². The highest BCUT2D eigenvalue weighted by atomic mass is 35.5. The van der Waals surface area contributed by atoms with E-state index in [0.717, 1.165) is 11.4 Å². The molecule has 1 saturated heterocycles. The number of anilines is 1. The molecule has 1 amide bonds. The maximum Gasteiger partial charge on any atom is 0.246 e. The van der Waals surface area contributed by atoms with Gasteiger partial charge in [-0.2, -0.15) is 0 Å². The van der Waals surface area contributed by atoms with Crippen molar-refractivity contribution < 1.29 is 9.21 Å². The lowest BCUT2D eigenvalue weighted by Gasteiger charge is -2.34. The monoisotopic (exact) mass is 394 g/mol. The van der Waals surface area contributed by atoms with E-state index in [0.29, 0.717) is 42.7 Å². The van der Waals surface area contributed by atoms with Crippen LogP contribution in [-0.2, 0) is 4.79 Å². The number of aromatic nitrogens is 2. The normalized spacial score (nSPS) is 14.6.